The van der Waals surface area contributed by atoms with Gasteiger partial charge in [0.25, 0.3) is 0 Å². The van der Waals surface area contributed by atoms with Crippen LogP contribution in [0.5, 0.6) is 46.0 Å². The average Bonchev–Trinajstić information content (AvgIpc) is 0.774. The summed E-state index contributed by atoms with van der Waals surface area (Å²) in [7, 11) is 0. The van der Waals surface area contributed by atoms with E-state index in [-0.39, 0.29) is 10.8 Å². The number of hydrogen-bond acceptors (Lipinski definition) is 14. The molecule has 14 nitrogen and oxygen atoms in total. The Morgan fingerprint density at radius 2 is 0.405 bits per heavy atom. The molecule has 116 heavy (non-hydrogen) atoms. The van der Waals surface area contributed by atoms with Crippen LogP contribution < -0.4 is 37.9 Å². The van der Waals surface area contributed by atoms with Crippen LogP contribution in [0.3, 0.4) is 0 Å². The Kier molecular flexibility index (Phi) is 29.2. The first-order valence-corrected chi connectivity index (χ1v) is 41.9. The molecule has 2 aliphatic rings. The second-order valence-corrected chi connectivity index (χ2v) is 30.5. The quantitative estimate of drug-likeness (QED) is 0.0263. The van der Waals surface area contributed by atoms with Crippen LogP contribution in [0.2, 0.25) is 0 Å². The maximum absolute atomic E-state index is 6.33. The Labute approximate surface area is 685 Å². The summed E-state index contributed by atoms with van der Waals surface area (Å²) < 4.78 is 48.2. The van der Waals surface area contributed by atoms with Gasteiger partial charge < -0.3 is 37.9 Å². The van der Waals surface area contributed by atoms with Crippen molar-refractivity contribution in [3.8, 4) is 80.2 Å². The van der Waals surface area contributed by atoms with Crippen molar-refractivity contribution in [2.45, 2.75) is 152 Å². The molecule has 0 unspecified atom stereocenters. The van der Waals surface area contributed by atoms with E-state index in [0.29, 0.717) is 52.9 Å². The van der Waals surface area contributed by atoms with Gasteiger partial charge in [-0.15, -0.1) is 0 Å². The number of aryl methyl sites for hydroxylation is 6. The molecular formula is C102H108N6O8. The lowest BCUT2D eigenvalue weighted by Crippen LogP contribution is -2.30. The van der Waals surface area contributed by atoms with Crippen LogP contribution in [0.4, 0.5) is 0 Å². The van der Waals surface area contributed by atoms with Crippen molar-refractivity contribution in [2.75, 3.05) is 52.9 Å². The lowest BCUT2D eigenvalue weighted by Gasteiger charge is -2.38. The molecule has 2 fully saturated rings. The van der Waals surface area contributed by atoms with Gasteiger partial charge in [0.05, 0.1) is 73.8 Å². The zero-order chi connectivity index (χ0) is 79.1. The topological polar surface area (TPSA) is 151 Å². The Hall–Kier alpha value is -11.9. The summed E-state index contributed by atoms with van der Waals surface area (Å²) in [6.07, 6.45) is 37.8. The molecular weight excluding hydrogens is 1440 g/mol. The van der Waals surface area contributed by atoms with E-state index in [0.717, 1.165) is 183 Å². The largest absolute Gasteiger partial charge is 0.494 e. The van der Waals surface area contributed by atoms with E-state index in [4.69, 9.17) is 67.8 Å². The summed E-state index contributed by atoms with van der Waals surface area (Å²) in [6.45, 7) is 12.1. The van der Waals surface area contributed by atoms with Crippen LogP contribution in [-0.4, -0.2) is 82.8 Å². The van der Waals surface area contributed by atoms with Gasteiger partial charge in [-0.3, -0.25) is 29.9 Å². The minimum absolute atomic E-state index is 0.0276. The van der Waals surface area contributed by atoms with Gasteiger partial charge in [-0.25, -0.2) is 0 Å². The summed E-state index contributed by atoms with van der Waals surface area (Å²) in [5.41, 5.74) is 17.7. The number of rotatable bonds is 43. The molecule has 2 saturated carbocycles. The molecule has 0 N–H and O–H groups in total. The van der Waals surface area contributed by atoms with Crippen molar-refractivity contribution >= 4 is 0 Å². The van der Waals surface area contributed by atoms with Gasteiger partial charge in [-0.05, 0) is 292 Å². The number of ether oxygens (including phenoxy) is 8. The second kappa shape index (κ2) is 41.9. The Morgan fingerprint density at radius 1 is 0.224 bits per heavy atom. The normalized spacial score (nSPS) is 13.6. The van der Waals surface area contributed by atoms with Crippen LogP contribution >= 0.6 is 0 Å². The van der Waals surface area contributed by atoms with E-state index in [1.807, 2.05) is 85.7 Å². The number of hydrogen-bond donors (Lipinski definition) is 0. The third-order valence-electron chi connectivity index (χ3n) is 22.4. The highest BCUT2D eigenvalue weighted by Crippen LogP contribution is 2.47. The summed E-state index contributed by atoms with van der Waals surface area (Å²) in [5.74, 6) is 6.88. The Bertz CT molecular complexity index is 4610. The van der Waals surface area contributed by atoms with E-state index in [9.17, 15) is 0 Å². The highest BCUT2D eigenvalue weighted by molar-refractivity contribution is 5.57. The van der Waals surface area contributed by atoms with Gasteiger partial charge in [-0.2, -0.15) is 0 Å². The fraction of sp³-hybridized carbons (Fsp3) is 0.314. The third-order valence-corrected chi connectivity index (χ3v) is 22.4. The number of pyridine rings is 6. The highest BCUT2D eigenvalue weighted by atomic mass is 16.5. The lowest BCUT2D eigenvalue weighted by atomic mass is 9.65. The molecule has 12 aromatic rings. The standard InChI is InChI=1S/C102H108N6O8/c1-3-63-109-91-45-49-93(50-46-91)115-69-15-21-81-27-57-99(107-75-81)97-55-25-79(73-105-97)19-13-67-113-89-41-33-85(34-42-89)101(59-7-5-8-60-101)83-29-37-87(38-30-83)111-65-11-17-77-23-53-95(103-71-77)96-54-24-78(72-104-96)18-12-66-112-88-39-31-84(32-40-88)102(61-9-6-10-62-102)86-35-43-90(44-36-86)114-68-14-20-80-26-56-98(106-74-80)100-58-28-82(76-108-100)22-16-70-116-94-51-47-92(48-52-94)110-64-4-2/h3-4,23-58,71-76H,1-2,5-22,59-70H2. The van der Waals surface area contributed by atoms with Crippen LogP contribution in [0.1, 0.15) is 158 Å². The summed E-state index contributed by atoms with van der Waals surface area (Å²) in [6, 6.07) is 76.2. The van der Waals surface area contributed by atoms with Gasteiger partial charge in [0, 0.05) is 48.0 Å². The summed E-state index contributed by atoms with van der Waals surface area (Å²) in [5, 5.41) is 0. The van der Waals surface area contributed by atoms with Gasteiger partial charge >= 0.3 is 0 Å². The smallest absolute Gasteiger partial charge is 0.120 e. The number of benzene rings is 6. The molecule has 14 heteroatoms. The van der Waals surface area contributed by atoms with Crippen molar-refractivity contribution in [3.05, 3.63) is 337 Å². The number of nitrogens with zero attached hydrogens (tertiary/aromatic N) is 6. The lowest BCUT2D eigenvalue weighted by molar-refractivity contribution is 0.308. The monoisotopic (exact) mass is 1540 g/mol. The molecule has 0 bridgehead atoms. The Balaban J connectivity index is 0.457. The molecule has 594 valence electrons. The molecule has 0 atom stereocenters. The molecule has 0 amide bonds. The molecule has 0 spiro atoms. The minimum atomic E-state index is -0.0276. The van der Waals surface area contributed by atoms with E-state index in [2.05, 4.69) is 183 Å². The van der Waals surface area contributed by atoms with Crippen molar-refractivity contribution in [1.82, 2.24) is 29.9 Å². The molecule has 2 aliphatic carbocycles. The van der Waals surface area contributed by atoms with Gasteiger partial charge in [0.15, 0.2) is 0 Å². The molecule has 6 aromatic heterocycles. The Morgan fingerprint density at radius 3 is 0.578 bits per heavy atom. The van der Waals surface area contributed by atoms with Crippen molar-refractivity contribution in [3.63, 3.8) is 0 Å². The predicted octanol–water partition coefficient (Wildman–Crippen LogP) is 22.8. The van der Waals surface area contributed by atoms with E-state index < -0.39 is 0 Å². The SMILES string of the molecule is C=CCOc1ccc(OCCCc2ccc(-c3ccc(CCCOc4ccc(C5(c6ccc(OCCCc7ccc(-c8ccc(CCCOc9ccc(C%10(c%11ccc(OCCCc%12ccc(-c%13ccc(CCCOc%14ccc(OCC=C)cc%14)cn%13)nc%12)cc%11)CCCCC%10)cc9)cn8)nc7)cc6)CCCCC5)cc4)cn3)nc2)cc1. The predicted molar refractivity (Wildman–Crippen MR) is 463 cm³/mol. The average molecular weight is 1550 g/mol. The fourth-order valence-electron chi connectivity index (χ4n) is 16.0. The second-order valence-electron chi connectivity index (χ2n) is 30.5. The molecule has 6 aromatic carbocycles. The maximum atomic E-state index is 6.33. The van der Waals surface area contributed by atoms with Gasteiger partial charge in [0.1, 0.15) is 59.2 Å². The van der Waals surface area contributed by atoms with Crippen LogP contribution in [0.25, 0.3) is 34.2 Å². The minimum Gasteiger partial charge on any atom is -0.494 e. The molecule has 0 aliphatic heterocycles. The van der Waals surface area contributed by atoms with E-state index in [1.54, 1.807) is 12.2 Å². The first kappa shape index (κ1) is 80.7. The first-order chi connectivity index (χ1) is 57.3. The van der Waals surface area contributed by atoms with E-state index >= 15 is 0 Å². The summed E-state index contributed by atoms with van der Waals surface area (Å²) >= 11 is 0. The molecule has 14 rings (SSSR count). The van der Waals surface area contributed by atoms with Crippen molar-refractivity contribution in [1.29, 1.82) is 0 Å². The maximum Gasteiger partial charge on any atom is 0.120 e. The van der Waals surface area contributed by atoms with Crippen LogP contribution in [0, 0.1) is 0 Å². The highest BCUT2D eigenvalue weighted by Gasteiger charge is 2.37. The number of aromatic nitrogens is 6. The third kappa shape index (κ3) is 22.8. The van der Waals surface area contributed by atoms with Crippen LogP contribution in [-0.2, 0) is 49.4 Å². The summed E-state index contributed by atoms with van der Waals surface area (Å²) in [4.78, 5) is 28.6. The zero-order valence-electron chi connectivity index (χ0n) is 67.0. The molecule has 0 saturated heterocycles. The van der Waals surface area contributed by atoms with E-state index in [1.165, 1.54) is 94.2 Å². The van der Waals surface area contributed by atoms with Crippen molar-refractivity contribution in [2.24, 2.45) is 0 Å². The van der Waals surface area contributed by atoms with Crippen molar-refractivity contribution < 1.29 is 37.9 Å². The van der Waals surface area contributed by atoms with Gasteiger partial charge in [0.2, 0.25) is 0 Å². The molecule has 0 radical (unpaired) electrons. The van der Waals surface area contributed by atoms with Crippen LogP contribution in [0.15, 0.2) is 281 Å². The zero-order valence-corrected chi connectivity index (χ0v) is 67.0. The fourth-order valence-corrected chi connectivity index (χ4v) is 16.0. The van der Waals surface area contributed by atoms with Gasteiger partial charge in [-0.1, -0.05) is 149 Å². The molecule has 6 heterocycles. The first-order valence-electron chi connectivity index (χ1n) is 41.9.